The summed E-state index contributed by atoms with van der Waals surface area (Å²) in [5, 5.41) is 8.54. The Kier molecular flexibility index (Phi) is 6.10. The molecule has 0 saturated heterocycles. The van der Waals surface area contributed by atoms with E-state index in [9.17, 15) is 9.36 Å². The van der Waals surface area contributed by atoms with Gasteiger partial charge in [-0.2, -0.15) is 0 Å². The Labute approximate surface area is 90.4 Å². The van der Waals surface area contributed by atoms with Crippen molar-refractivity contribution in [3.8, 4) is 0 Å². The smallest absolute Gasteiger partial charge is 0.320 e. The van der Waals surface area contributed by atoms with Crippen LogP contribution in [0.4, 0.5) is 0 Å². The quantitative estimate of drug-likeness (QED) is 0.653. The monoisotopic (exact) mass is 237 g/mol. The average molecular weight is 237 g/mol. The summed E-state index contributed by atoms with van der Waals surface area (Å²) < 4.78 is 17.0. The third-order valence-electron chi connectivity index (χ3n) is 1.84. The van der Waals surface area contributed by atoms with Gasteiger partial charge in [-0.05, 0) is 12.3 Å². The minimum absolute atomic E-state index is 0.182. The van der Waals surface area contributed by atoms with Crippen molar-refractivity contribution in [2.75, 3.05) is 19.4 Å². The topological polar surface area (TPSA) is 89.6 Å². The second-order valence-electron chi connectivity index (χ2n) is 4.16. The molecule has 0 radical (unpaired) electrons. The van der Waals surface area contributed by atoms with E-state index in [1.54, 1.807) is 0 Å². The van der Waals surface area contributed by atoms with Crippen molar-refractivity contribution in [2.24, 2.45) is 11.7 Å². The Hall–Kier alpha value is -0.380. The predicted octanol–water partition coefficient (Wildman–Crippen LogP) is 1.37. The summed E-state index contributed by atoms with van der Waals surface area (Å²) in [4.78, 5) is 10.4. The number of rotatable bonds is 7. The van der Waals surface area contributed by atoms with E-state index < -0.39 is 19.4 Å². The predicted molar refractivity (Wildman–Crippen MR) is 59.4 cm³/mol. The number of carboxylic acids is 1. The maximum atomic E-state index is 11.8. The number of hydrogen-bond acceptors (Lipinski definition) is 4. The van der Waals surface area contributed by atoms with Gasteiger partial charge in [-0.1, -0.05) is 13.8 Å². The van der Waals surface area contributed by atoms with Crippen molar-refractivity contribution in [1.29, 1.82) is 0 Å². The first-order chi connectivity index (χ1) is 6.74. The maximum Gasteiger partial charge on any atom is 0.320 e. The molecule has 0 bridgehead atoms. The molecule has 0 aromatic rings. The Morgan fingerprint density at radius 1 is 1.53 bits per heavy atom. The van der Waals surface area contributed by atoms with Gasteiger partial charge in [0.15, 0.2) is 7.37 Å². The Morgan fingerprint density at radius 2 is 2.07 bits per heavy atom. The average Bonchev–Trinajstić information content (AvgIpc) is 2.11. The number of aliphatic carboxylic acids is 1. The fraction of sp³-hybridized carbons (Fsp3) is 0.889. The van der Waals surface area contributed by atoms with Crippen LogP contribution in [0.15, 0.2) is 0 Å². The lowest BCUT2D eigenvalue weighted by atomic mass is 10.2. The number of carboxylic acid groups (broad SMARTS) is 1. The van der Waals surface area contributed by atoms with Crippen LogP contribution in [0, 0.1) is 5.92 Å². The van der Waals surface area contributed by atoms with Crippen LogP contribution >= 0.6 is 7.37 Å². The highest BCUT2D eigenvalue weighted by molar-refractivity contribution is 7.58. The van der Waals surface area contributed by atoms with Crippen molar-refractivity contribution in [1.82, 2.24) is 0 Å². The molecular weight excluding hydrogens is 217 g/mol. The molecule has 2 atom stereocenters. The minimum Gasteiger partial charge on any atom is -0.480 e. The van der Waals surface area contributed by atoms with Gasteiger partial charge in [-0.15, -0.1) is 0 Å². The van der Waals surface area contributed by atoms with Crippen molar-refractivity contribution in [3.05, 3.63) is 0 Å². The second kappa shape index (κ2) is 6.26. The van der Waals surface area contributed by atoms with Crippen molar-refractivity contribution in [3.63, 3.8) is 0 Å². The summed E-state index contributed by atoms with van der Waals surface area (Å²) >= 11 is 0. The molecule has 0 heterocycles. The van der Waals surface area contributed by atoms with E-state index in [0.29, 0.717) is 12.5 Å². The molecule has 5 nitrogen and oxygen atoms in total. The zero-order chi connectivity index (χ0) is 12.1. The lowest BCUT2D eigenvalue weighted by molar-refractivity contribution is -0.138. The van der Waals surface area contributed by atoms with Gasteiger partial charge in [-0.25, -0.2) is 0 Å². The van der Waals surface area contributed by atoms with Crippen LogP contribution in [0.5, 0.6) is 0 Å². The molecule has 90 valence electrons. The Bertz CT molecular complexity index is 254. The first-order valence-electron chi connectivity index (χ1n) is 4.94. The van der Waals surface area contributed by atoms with Crippen LogP contribution in [-0.2, 0) is 13.9 Å². The molecule has 0 spiro atoms. The summed E-state index contributed by atoms with van der Waals surface area (Å²) in [7, 11) is -2.68. The summed E-state index contributed by atoms with van der Waals surface area (Å²) in [6.45, 7) is 5.87. The third kappa shape index (κ3) is 7.54. The van der Waals surface area contributed by atoms with E-state index in [-0.39, 0.29) is 12.6 Å². The molecule has 0 aliphatic rings. The molecule has 3 N–H and O–H groups in total. The summed E-state index contributed by atoms with van der Waals surface area (Å²) in [5.41, 5.74) is 5.30. The van der Waals surface area contributed by atoms with Gasteiger partial charge in [0.05, 0.1) is 6.61 Å². The fourth-order valence-corrected chi connectivity index (χ4v) is 2.36. The van der Waals surface area contributed by atoms with Gasteiger partial charge in [0.2, 0.25) is 0 Å². The minimum atomic E-state index is -2.68. The highest BCUT2D eigenvalue weighted by Crippen LogP contribution is 2.43. The Morgan fingerprint density at radius 3 is 2.47 bits per heavy atom. The second-order valence-corrected chi connectivity index (χ2v) is 6.89. The first kappa shape index (κ1) is 14.6. The normalized spacial score (nSPS) is 17.4. The number of nitrogens with two attached hydrogens (primary N) is 1. The molecule has 1 unspecified atom stereocenters. The standard InChI is InChI=1S/C9H20NO4P/c1-7(2)6-14-15(3,13)5-4-8(10)9(11)12/h7-8H,4-6,10H2,1-3H3,(H,11,12)/t8-,15?/m0/s1. The highest BCUT2D eigenvalue weighted by Gasteiger charge is 2.20. The first-order valence-corrected chi connectivity index (χ1v) is 7.20. The number of hydrogen-bond donors (Lipinski definition) is 2. The lowest BCUT2D eigenvalue weighted by Crippen LogP contribution is -2.30. The zero-order valence-electron chi connectivity index (χ0n) is 9.47. The molecule has 0 aliphatic carbocycles. The lowest BCUT2D eigenvalue weighted by Gasteiger charge is -2.16. The van der Waals surface area contributed by atoms with E-state index in [4.69, 9.17) is 15.4 Å². The molecule has 0 amide bonds. The van der Waals surface area contributed by atoms with Crippen molar-refractivity contribution < 1.29 is 19.0 Å². The molecule has 6 heteroatoms. The third-order valence-corrected chi connectivity index (χ3v) is 3.61. The molecule has 0 fully saturated rings. The van der Waals surface area contributed by atoms with Gasteiger partial charge in [0.1, 0.15) is 6.04 Å². The molecule has 0 aliphatic heterocycles. The van der Waals surface area contributed by atoms with Crippen molar-refractivity contribution >= 4 is 13.3 Å². The molecule has 0 aromatic carbocycles. The van der Waals surface area contributed by atoms with Gasteiger partial charge < -0.3 is 15.4 Å². The van der Waals surface area contributed by atoms with Gasteiger partial charge in [-0.3, -0.25) is 9.36 Å². The van der Waals surface area contributed by atoms with Crippen LogP contribution in [0.3, 0.4) is 0 Å². The van der Waals surface area contributed by atoms with Gasteiger partial charge in [0.25, 0.3) is 0 Å². The summed E-state index contributed by atoms with van der Waals surface area (Å²) in [6, 6.07) is -0.957. The molecule has 15 heavy (non-hydrogen) atoms. The molecule has 0 aromatic heterocycles. The van der Waals surface area contributed by atoms with Gasteiger partial charge in [0, 0.05) is 12.8 Å². The molecular formula is C9H20NO4P. The van der Waals surface area contributed by atoms with E-state index >= 15 is 0 Å². The molecule has 0 rings (SSSR count). The zero-order valence-corrected chi connectivity index (χ0v) is 10.4. The summed E-state index contributed by atoms with van der Waals surface area (Å²) in [5.74, 6) is -0.759. The molecule has 0 saturated carbocycles. The summed E-state index contributed by atoms with van der Waals surface area (Å²) in [6.07, 6.45) is 0.397. The van der Waals surface area contributed by atoms with E-state index in [1.807, 2.05) is 13.8 Å². The number of carbonyl (C=O) groups is 1. The van der Waals surface area contributed by atoms with E-state index in [0.717, 1.165) is 0 Å². The van der Waals surface area contributed by atoms with Gasteiger partial charge >= 0.3 is 5.97 Å². The highest BCUT2D eigenvalue weighted by atomic mass is 31.2. The van der Waals surface area contributed by atoms with Crippen LogP contribution in [-0.4, -0.2) is 36.6 Å². The van der Waals surface area contributed by atoms with Crippen LogP contribution in [0.2, 0.25) is 0 Å². The van der Waals surface area contributed by atoms with Crippen molar-refractivity contribution in [2.45, 2.75) is 26.3 Å². The van der Waals surface area contributed by atoms with Crippen LogP contribution in [0.25, 0.3) is 0 Å². The van der Waals surface area contributed by atoms with Crippen LogP contribution in [0.1, 0.15) is 20.3 Å². The fourth-order valence-electron chi connectivity index (χ4n) is 0.868. The Balaban J connectivity index is 3.93. The maximum absolute atomic E-state index is 11.8. The van der Waals surface area contributed by atoms with E-state index in [2.05, 4.69) is 0 Å². The largest absolute Gasteiger partial charge is 0.480 e. The van der Waals surface area contributed by atoms with E-state index in [1.165, 1.54) is 6.66 Å². The SMILES string of the molecule is CC(C)COP(C)(=O)CC[C@H](N)C(=O)O. The van der Waals surface area contributed by atoms with Crippen LogP contribution < -0.4 is 5.73 Å².